The molecule has 24 heavy (non-hydrogen) atoms. The normalized spacial score (nSPS) is 16.9. The number of carbonyl (C=O) groups is 2. The number of hydrogen-bond donors (Lipinski definition) is 1. The number of anilines is 1. The van der Waals surface area contributed by atoms with Gasteiger partial charge in [0.25, 0.3) is 5.91 Å². The number of hydrogen-bond acceptors (Lipinski definition) is 5. The van der Waals surface area contributed by atoms with Crippen LogP contribution in [0.4, 0.5) is 5.82 Å². The van der Waals surface area contributed by atoms with Crippen LogP contribution in [-0.2, 0) is 4.79 Å². The maximum atomic E-state index is 12.8. The molecule has 1 N–H and O–H groups in total. The predicted octanol–water partition coefficient (Wildman–Crippen LogP) is 2.23. The molecule has 1 aliphatic rings. The number of nitrogens with one attached hydrogen (secondary N) is 1. The van der Waals surface area contributed by atoms with Gasteiger partial charge in [-0.15, -0.1) is 0 Å². The molecule has 1 atom stereocenters. The fraction of sp³-hybridized carbons (Fsp3) is 0.353. The first kappa shape index (κ1) is 16.0. The number of aromatic nitrogens is 1. The molecule has 1 aliphatic heterocycles. The standard InChI is InChI=1S/C17H19N3O4/c1-11-10-15(19-24-11)18-16(21)13-7-5-9-20(13)17(22)12-6-3-4-8-14(12)23-2/h3-4,6,8,10,13H,5,7,9H2,1-2H3,(H,18,19,21)/t13-/m1/s1. The second-order valence-electron chi connectivity index (χ2n) is 5.67. The molecule has 3 rings (SSSR count). The minimum absolute atomic E-state index is 0.207. The topological polar surface area (TPSA) is 84.7 Å². The Kier molecular flexibility index (Phi) is 4.50. The van der Waals surface area contributed by atoms with Crippen molar-refractivity contribution in [2.45, 2.75) is 25.8 Å². The van der Waals surface area contributed by atoms with E-state index >= 15 is 0 Å². The van der Waals surface area contributed by atoms with Crippen LogP contribution in [0, 0.1) is 6.92 Å². The van der Waals surface area contributed by atoms with Crippen molar-refractivity contribution in [3.63, 3.8) is 0 Å². The molecule has 1 aromatic heterocycles. The van der Waals surface area contributed by atoms with Crippen LogP contribution in [0.25, 0.3) is 0 Å². The quantitative estimate of drug-likeness (QED) is 0.930. The lowest BCUT2D eigenvalue weighted by molar-refractivity contribution is -0.119. The van der Waals surface area contributed by atoms with Gasteiger partial charge in [-0.25, -0.2) is 0 Å². The fourth-order valence-corrected chi connectivity index (χ4v) is 2.89. The van der Waals surface area contributed by atoms with Crippen LogP contribution < -0.4 is 10.1 Å². The van der Waals surface area contributed by atoms with E-state index < -0.39 is 6.04 Å². The molecule has 1 fully saturated rings. The van der Waals surface area contributed by atoms with E-state index in [0.29, 0.717) is 35.9 Å². The summed E-state index contributed by atoms with van der Waals surface area (Å²) < 4.78 is 10.2. The Bertz CT molecular complexity index is 756. The number of rotatable bonds is 4. The van der Waals surface area contributed by atoms with Crippen molar-refractivity contribution >= 4 is 17.6 Å². The zero-order chi connectivity index (χ0) is 17.1. The van der Waals surface area contributed by atoms with E-state index in [1.807, 2.05) is 0 Å². The third kappa shape index (κ3) is 3.10. The van der Waals surface area contributed by atoms with Gasteiger partial charge in [0.2, 0.25) is 5.91 Å². The van der Waals surface area contributed by atoms with Crippen molar-refractivity contribution in [3.05, 3.63) is 41.7 Å². The Morgan fingerprint density at radius 2 is 2.17 bits per heavy atom. The highest BCUT2D eigenvalue weighted by atomic mass is 16.5. The number of carbonyl (C=O) groups excluding carboxylic acids is 2. The van der Waals surface area contributed by atoms with Crippen molar-refractivity contribution in [2.24, 2.45) is 0 Å². The second kappa shape index (κ2) is 6.74. The summed E-state index contributed by atoms with van der Waals surface area (Å²) in [7, 11) is 1.52. The lowest BCUT2D eigenvalue weighted by Crippen LogP contribution is -2.43. The summed E-state index contributed by atoms with van der Waals surface area (Å²) in [5, 5.41) is 6.45. The molecule has 0 aliphatic carbocycles. The largest absolute Gasteiger partial charge is 0.496 e. The molecule has 0 radical (unpaired) electrons. The first-order chi connectivity index (χ1) is 11.6. The summed E-state index contributed by atoms with van der Waals surface area (Å²) in [6, 6.07) is 8.13. The Hall–Kier alpha value is -2.83. The summed E-state index contributed by atoms with van der Waals surface area (Å²) in [5.74, 6) is 0.999. The molecule has 1 saturated heterocycles. The highest BCUT2D eigenvalue weighted by Crippen LogP contribution is 2.25. The van der Waals surface area contributed by atoms with Crippen LogP contribution >= 0.6 is 0 Å². The van der Waals surface area contributed by atoms with E-state index in [1.54, 1.807) is 42.2 Å². The molecule has 126 valence electrons. The van der Waals surface area contributed by atoms with Crippen LogP contribution in [0.3, 0.4) is 0 Å². The van der Waals surface area contributed by atoms with Crippen molar-refractivity contribution in [1.29, 1.82) is 0 Å². The zero-order valence-electron chi connectivity index (χ0n) is 13.6. The molecule has 0 bridgehead atoms. The monoisotopic (exact) mass is 329 g/mol. The molecule has 2 aromatic rings. The number of aryl methyl sites for hydroxylation is 1. The van der Waals surface area contributed by atoms with E-state index in [1.165, 1.54) is 7.11 Å². The molecular weight excluding hydrogens is 310 g/mol. The van der Waals surface area contributed by atoms with E-state index in [-0.39, 0.29) is 11.8 Å². The molecule has 2 heterocycles. The van der Waals surface area contributed by atoms with Crippen molar-refractivity contribution in [1.82, 2.24) is 10.1 Å². The number of likely N-dealkylation sites (tertiary alicyclic amines) is 1. The van der Waals surface area contributed by atoms with Crippen LogP contribution in [0.5, 0.6) is 5.75 Å². The molecular formula is C17H19N3O4. The number of para-hydroxylation sites is 1. The Morgan fingerprint density at radius 3 is 2.88 bits per heavy atom. The number of amides is 2. The van der Waals surface area contributed by atoms with E-state index in [2.05, 4.69) is 10.5 Å². The van der Waals surface area contributed by atoms with Crippen LogP contribution in [0.1, 0.15) is 29.0 Å². The maximum absolute atomic E-state index is 12.8. The summed E-state index contributed by atoms with van der Waals surface area (Å²) in [5.41, 5.74) is 0.456. The highest BCUT2D eigenvalue weighted by Gasteiger charge is 2.35. The van der Waals surface area contributed by atoms with Gasteiger partial charge in [0.1, 0.15) is 17.6 Å². The van der Waals surface area contributed by atoms with Gasteiger partial charge in [-0.1, -0.05) is 17.3 Å². The van der Waals surface area contributed by atoms with E-state index in [0.717, 1.165) is 6.42 Å². The Balaban J connectivity index is 1.77. The number of ether oxygens (including phenoxy) is 1. The minimum Gasteiger partial charge on any atom is -0.496 e. The predicted molar refractivity (Wildman–Crippen MR) is 86.9 cm³/mol. The van der Waals surface area contributed by atoms with E-state index in [9.17, 15) is 9.59 Å². The van der Waals surface area contributed by atoms with Gasteiger partial charge in [0, 0.05) is 12.6 Å². The summed E-state index contributed by atoms with van der Waals surface area (Å²) in [6.45, 7) is 2.28. The smallest absolute Gasteiger partial charge is 0.258 e. The summed E-state index contributed by atoms with van der Waals surface area (Å²) >= 11 is 0. The Labute approximate surface area is 139 Å². The first-order valence-corrected chi connectivity index (χ1v) is 7.78. The van der Waals surface area contributed by atoms with Crippen LogP contribution in [-0.4, -0.2) is 41.6 Å². The highest BCUT2D eigenvalue weighted by molar-refractivity contribution is 6.02. The average molecular weight is 329 g/mol. The van der Waals surface area contributed by atoms with Gasteiger partial charge in [-0.05, 0) is 31.9 Å². The summed E-state index contributed by atoms with van der Waals surface area (Å²) in [4.78, 5) is 26.9. The minimum atomic E-state index is -0.528. The second-order valence-corrected chi connectivity index (χ2v) is 5.67. The summed E-state index contributed by atoms with van der Waals surface area (Å²) in [6.07, 6.45) is 1.39. The van der Waals surface area contributed by atoms with Crippen molar-refractivity contribution in [3.8, 4) is 5.75 Å². The van der Waals surface area contributed by atoms with Crippen molar-refractivity contribution in [2.75, 3.05) is 19.0 Å². The van der Waals surface area contributed by atoms with Gasteiger partial charge < -0.3 is 19.5 Å². The van der Waals surface area contributed by atoms with Crippen LogP contribution in [0.15, 0.2) is 34.9 Å². The van der Waals surface area contributed by atoms with Gasteiger partial charge in [-0.2, -0.15) is 0 Å². The zero-order valence-corrected chi connectivity index (χ0v) is 13.6. The SMILES string of the molecule is COc1ccccc1C(=O)N1CCC[C@@H]1C(=O)Nc1cc(C)on1. The molecule has 7 heteroatoms. The number of nitrogens with zero attached hydrogens (tertiary/aromatic N) is 2. The van der Waals surface area contributed by atoms with E-state index in [4.69, 9.17) is 9.26 Å². The third-order valence-electron chi connectivity index (χ3n) is 4.03. The lowest BCUT2D eigenvalue weighted by Gasteiger charge is -2.24. The van der Waals surface area contributed by atoms with Gasteiger partial charge in [0.15, 0.2) is 5.82 Å². The maximum Gasteiger partial charge on any atom is 0.258 e. The van der Waals surface area contributed by atoms with Crippen molar-refractivity contribution < 1.29 is 18.8 Å². The van der Waals surface area contributed by atoms with Gasteiger partial charge >= 0.3 is 0 Å². The number of methoxy groups -OCH3 is 1. The molecule has 7 nitrogen and oxygen atoms in total. The molecule has 0 saturated carbocycles. The molecule has 2 amide bonds. The lowest BCUT2D eigenvalue weighted by atomic mass is 10.1. The average Bonchev–Trinajstić information content (AvgIpc) is 3.23. The molecule has 0 unspecified atom stereocenters. The van der Waals surface area contributed by atoms with Crippen LogP contribution in [0.2, 0.25) is 0 Å². The third-order valence-corrected chi connectivity index (χ3v) is 4.03. The number of benzene rings is 1. The fourth-order valence-electron chi connectivity index (χ4n) is 2.89. The first-order valence-electron chi connectivity index (χ1n) is 7.78. The Morgan fingerprint density at radius 1 is 1.38 bits per heavy atom. The van der Waals surface area contributed by atoms with Gasteiger partial charge in [0.05, 0.1) is 12.7 Å². The van der Waals surface area contributed by atoms with Gasteiger partial charge in [-0.3, -0.25) is 9.59 Å². The molecule has 0 spiro atoms. The molecule has 1 aromatic carbocycles.